The van der Waals surface area contributed by atoms with Gasteiger partial charge in [-0.15, -0.1) is 24.0 Å². The van der Waals surface area contributed by atoms with Crippen molar-refractivity contribution >= 4 is 35.8 Å². The monoisotopic (exact) mass is 525 g/mol. The fourth-order valence-corrected chi connectivity index (χ4v) is 3.05. The van der Waals surface area contributed by atoms with Crippen LogP contribution < -0.4 is 10.6 Å². The molecule has 1 fully saturated rings. The van der Waals surface area contributed by atoms with E-state index in [1.807, 2.05) is 0 Å². The zero-order chi connectivity index (χ0) is 20.4. The number of hydrogen-bond acceptors (Lipinski definition) is 4. The number of carbonyl (C=O) groups is 1. The summed E-state index contributed by atoms with van der Waals surface area (Å²) < 4.78 is 31.9. The third kappa shape index (κ3) is 8.39. The zero-order valence-corrected chi connectivity index (χ0v) is 19.2. The van der Waals surface area contributed by atoms with Crippen molar-refractivity contribution in [1.29, 1.82) is 0 Å². The van der Waals surface area contributed by atoms with Gasteiger partial charge in [0, 0.05) is 53.4 Å². The second-order valence-electron chi connectivity index (χ2n) is 6.54. The van der Waals surface area contributed by atoms with E-state index < -0.39 is 11.6 Å². The highest BCUT2D eigenvalue weighted by Gasteiger charge is 2.21. The lowest BCUT2D eigenvalue weighted by Gasteiger charge is -2.36. The molecule has 0 saturated carbocycles. The summed E-state index contributed by atoms with van der Waals surface area (Å²) in [5.74, 6) is -0.910. The SMILES string of the molecule is CN=C(NCCc1cccc(F)c1F)N1CCN(CC(=O)NCCOC)CC1.I. The van der Waals surface area contributed by atoms with Gasteiger partial charge in [-0.2, -0.15) is 0 Å². The molecule has 1 aromatic carbocycles. The van der Waals surface area contributed by atoms with Gasteiger partial charge in [0.05, 0.1) is 13.2 Å². The Morgan fingerprint density at radius 3 is 2.55 bits per heavy atom. The standard InChI is InChI=1S/C19H29F2N5O2.HI/c1-22-19(24-7-6-15-4-3-5-16(20)18(15)21)26-11-9-25(10-12-26)14-17(27)23-8-13-28-2;/h3-5H,6-14H2,1-2H3,(H,22,24)(H,23,27);1H. The molecule has 0 spiro atoms. The predicted molar refractivity (Wildman–Crippen MR) is 120 cm³/mol. The van der Waals surface area contributed by atoms with Gasteiger partial charge in [-0.1, -0.05) is 12.1 Å². The Morgan fingerprint density at radius 1 is 1.17 bits per heavy atom. The molecule has 10 heteroatoms. The van der Waals surface area contributed by atoms with E-state index >= 15 is 0 Å². The maximum atomic E-state index is 13.7. The van der Waals surface area contributed by atoms with Crippen molar-refractivity contribution in [2.24, 2.45) is 4.99 Å². The first kappa shape index (κ1) is 25.5. The van der Waals surface area contributed by atoms with Crippen molar-refractivity contribution in [3.8, 4) is 0 Å². The lowest BCUT2D eigenvalue weighted by molar-refractivity contribution is -0.122. The maximum Gasteiger partial charge on any atom is 0.234 e. The summed E-state index contributed by atoms with van der Waals surface area (Å²) in [5, 5.41) is 6.01. The number of amides is 1. The second kappa shape index (κ2) is 13.6. The number of piperazine rings is 1. The Bertz CT molecular complexity index is 670. The highest BCUT2D eigenvalue weighted by Crippen LogP contribution is 2.11. The number of methoxy groups -OCH3 is 1. The topological polar surface area (TPSA) is 69.2 Å². The molecule has 1 aliphatic rings. The van der Waals surface area contributed by atoms with Gasteiger partial charge < -0.3 is 20.3 Å². The quantitative estimate of drug-likeness (QED) is 0.230. The molecule has 0 aromatic heterocycles. The molecule has 0 radical (unpaired) electrons. The van der Waals surface area contributed by atoms with Gasteiger partial charge in [-0.3, -0.25) is 14.7 Å². The minimum absolute atomic E-state index is 0. The molecular weight excluding hydrogens is 495 g/mol. The summed E-state index contributed by atoms with van der Waals surface area (Å²) in [6.07, 6.45) is 0.365. The fraction of sp³-hybridized carbons (Fsp3) is 0.579. The van der Waals surface area contributed by atoms with Crippen LogP contribution in [0.5, 0.6) is 0 Å². The van der Waals surface area contributed by atoms with E-state index in [0.717, 1.165) is 38.2 Å². The lowest BCUT2D eigenvalue weighted by atomic mass is 10.1. The molecule has 7 nitrogen and oxygen atoms in total. The van der Waals surface area contributed by atoms with E-state index in [-0.39, 0.29) is 29.9 Å². The number of rotatable bonds is 8. The number of hydrogen-bond donors (Lipinski definition) is 2. The van der Waals surface area contributed by atoms with Crippen LogP contribution in [0.1, 0.15) is 5.56 Å². The van der Waals surface area contributed by atoms with Crippen molar-refractivity contribution in [3.63, 3.8) is 0 Å². The van der Waals surface area contributed by atoms with Crippen molar-refractivity contribution < 1.29 is 18.3 Å². The van der Waals surface area contributed by atoms with E-state index in [9.17, 15) is 13.6 Å². The van der Waals surface area contributed by atoms with Crippen LogP contribution in [-0.2, 0) is 16.0 Å². The Labute approximate surface area is 187 Å². The molecule has 2 rings (SSSR count). The highest BCUT2D eigenvalue weighted by molar-refractivity contribution is 14.0. The molecule has 29 heavy (non-hydrogen) atoms. The number of nitrogens with one attached hydrogen (secondary N) is 2. The van der Waals surface area contributed by atoms with Crippen molar-refractivity contribution in [2.45, 2.75) is 6.42 Å². The highest BCUT2D eigenvalue weighted by atomic mass is 127. The van der Waals surface area contributed by atoms with Crippen molar-refractivity contribution in [3.05, 3.63) is 35.4 Å². The first-order chi connectivity index (χ1) is 13.5. The summed E-state index contributed by atoms with van der Waals surface area (Å²) in [5.41, 5.74) is 0.340. The van der Waals surface area contributed by atoms with Crippen LogP contribution in [0, 0.1) is 11.6 Å². The van der Waals surface area contributed by atoms with E-state index in [1.165, 1.54) is 6.07 Å². The van der Waals surface area contributed by atoms with E-state index in [2.05, 4.69) is 25.4 Å². The third-order valence-corrected chi connectivity index (χ3v) is 4.59. The van der Waals surface area contributed by atoms with E-state index in [4.69, 9.17) is 4.74 Å². The van der Waals surface area contributed by atoms with Crippen molar-refractivity contribution in [1.82, 2.24) is 20.4 Å². The lowest BCUT2D eigenvalue weighted by Crippen LogP contribution is -2.54. The first-order valence-electron chi connectivity index (χ1n) is 9.41. The molecule has 1 heterocycles. The Kier molecular flexibility index (Phi) is 12.0. The molecular formula is C19H30F2IN5O2. The second-order valence-corrected chi connectivity index (χ2v) is 6.54. The normalized spacial score (nSPS) is 15.0. The summed E-state index contributed by atoms with van der Waals surface area (Å²) in [4.78, 5) is 20.3. The molecule has 0 bridgehead atoms. The molecule has 164 valence electrons. The Morgan fingerprint density at radius 2 is 1.90 bits per heavy atom. The van der Waals surface area contributed by atoms with Crippen molar-refractivity contribution in [2.75, 3.05) is 66.6 Å². The Hall–Kier alpha value is -1.53. The average molecular weight is 525 g/mol. The molecule has 1 saturated heterocycles. The van der Waals surface area contributed by atoms with Crippen LogP contribution in [0.15, 0.2) is 23.2 Å². The van der Waals surface area contributed by atoms with Crippen LogP contribution in [-0.4, -0.2) is 88.2 Å². The van der Waals surface area contributed by atoms with Crippen LogP contribution in [0.25, 0.3) is 0 Å². The number of carbonyl (C=O) groups excluding carboxylic acids is 1. The Balaban J connectivity index is 0.00000420. The number of ether oxygens (including phenoxy) is 1. The van der Waals surface area contributed by atoms with Crippen LogP contribution in [0.3, 0.4) is 0 Å². The number of halogens is 3. The molecule has 0 atom stereocenters. The maximum absolute atomic E-state index is 13.7. The third-order valence-electron chi connectivity index (χ3n) is 4.59. The number of benzene rings is 1. The first-order valence-corrected chi connectivity index (χ1v) is 9.41. The molecule has 1 aromatic rings. The van der Waals surface area contributed by atoms with Gasteiger partial charge in [0.2, 0.25) is 5.91 Å². The van der Waals surface area contributed by atoms with Crippen LogP contribution >= 0.6 is 24.0 Å². The largest absolute Gasteiger partial charge is 0.383 e. The molecule has 0 aliphatic carbocycles. The van der Waals surface area contributed by atoms with Gasteiger partial charge >= 0.3 is 0 Å². The van der Waals surface area contributed by atoms with E-state index in [0.29, 0.717) is 38.2 Å². The minimum Gasteiger partial charge on any atom is -0.383 e. The zero-order valence-electron chi connectivity index (χ0n) is 16.9. The summed E-state index contributed by atoms with van der Waals surface area (Å²) in [6, 6.07) is 4.20. The fourth-order valence-electron chi connectivity index (χ4n) is 3.05. The number of aliphatic imine (C=N–C) groups is 1. The smallest absolute Gasteiger partial charge is 0.234 e. The van der Waals surface area contributed by atoms with Gasteiger partial charge in [-0.05, 0) is 18.1 Å². The average Bonchev–Trinajstić information content (AvgIpc) is 2.69. The number of guanidine groups is 1. The van der Waals surface area contributed by atoms with Gasteiger partial charge in [0.15, 0.2) is 17.6 Å². The van der Waals surface area contributed by atoms with Crippen LogP contribution in [0.2, 0.25) is 0 Å². The van der Waals surface area contributed by atoms with E-state index in [1.54, 1.807) is 20.2 Å². The number of nitrogens with zero attached hydrogens (tertiary/aromatic N) is 3. The predicted octanol–water partition coefficient (Wildman–Crippen LogP) is 1.08. The summed E-state index contributed by atoms with van der Waals surface area (Å²) in [6.45, 7) is 4.79. The van der Waals surface area contributed by atoms with Gasteiger partial charge in [0.25, 0.3) is 0 Å². The van der Waals surface area contributed by atoms with Gasteiger partial charge in [-0.25, -0.2) is 8.78 Å². The molecule has 1 aliphatic heterocycles. The summed E-state index contributed by atoms with van der Waals surface area (Å²) in [7, 11) is 3.29. The molecule has 2 N–H and O–H groups in total. The van der Waals surface area contributed by atoms with Crippen LogP contribution in [0.4, 0.5) is 8.78 Å². The molecule has 0 unspecified atom stereocenters. The summed E-state index contributed by atoms with van der Waals surface area (Å²) >= 11 is 0. The minimum atomic E-state index is -0.829. The molecule has 1 amide bonds. The van der Waals surface area contributed by atoms with Gasteiger partial charge in [0.1, 0.15) is 0 Å².